The first-order valence-electron chi connectivity index (χ1n) is 10.4. The van der Waals surface area contributed by atoms with E-state index in [-0.39, 0.29) is 5.82 Å². The summed E-state index contributed by atoms with van der Waals surface area (Å²) in [5.74, 6) is 1.08. The summed E-state index contributed by atoms with van der Waals surface area (Å²) in [6.45, 7) is 1.88. The van der Waals surface area contributed by atoms with Gasteiger partial charge in [0.25, 0.3) is 0 Å². The van der Waals surface area contributed by atoms with Gasteiger partial charge in [-0.1, -0.05) is 0 Å². The van der Waals surface area contributed by atoms with Crippen molar-refractivity contribution < 1.29 is 13.9 Å². The molecular weight excluding hydrogens is 443 g/mol. The molecule has 3 aromatic heterocycles. The minimum absolute atomic E-state index is 0.321. The maximum Gasteiger partial charge on any atom is 0.166 e. The lowest BCUT2D eigenvalue weighted by Gasteiger charge is -2.26. The zero-order valence-corrected chi connectivity index (χ0v) is 18.5. The molecule has 33 heavy (non-hydrogen) atoms. The number of nitrogens with one attached hydrogen (secondary N) is 1. The fourth-order valence-electron chi connectivity index (χ4n) is 3.81. The van der Waals surface area contributed by atoms with Gasteiger partial charge in [0.05, 0.1) is 58.3 Å². The predicted octanol–water partition coefficient (Wildman–Crippen LogP) is 4.55. The summed E-state index contributed by atoms with van der Waals surface area (Å²) in [7, 11) is 1.87. The van der Waals surface area contributed by atoms with Gasteiger partial charge in [0.15, 0.2) is 5.82 Å². The van der Waals surface area contributed by atoms with Gasteiger partial charge >= 0.3 is 0 Å². The lowest BCUT2D eigenvalue weighted by molar-refractivity contribution is -0.0506. The zero-order valence-electron chi connectivity index (χ0n) is 17.7. The number of ether oxygens (including phenoxy) is 2. The molecule has 0 saturated carbocycles. The smallest absolute Gasteiger partial charge is 0.166 e. The Hall–Kier alpha value is -3.63. The SMILES string of the molecule is Cn1cc(-c2cc(OCC3COC3)c3c(Nc4ccc5ncsc5c4F)ncnc3c2)cn1. The number of fused-ring (bicyclic) bond motifs is 2. The largest absolute Gasteiger partial charge is 0.492 e. The second kappa shape index (κ2) is 8.05. The van der Waals surface area contributed by atoms with Crippen molar-refractivity contribution in [1.29, 1.82) is 0 Å². The summed E-state index contributed by atoms with van der Waals surface area (Å²) in [5, 5.41) is 8.11. The van der Waals surface area contributed by atoms with Crippen molar-refractivity contribution >= 4 is 44.0 Å². The molecule has 0 unspecified atom stereocenters. The van der Waals surface area contributed by atoms with Crippen LogP contribution in [-0.4, -0.2) is 44.6 Å². The molecule has 0 radical (unpaired) electrons. The summed E-state index contributed by atoms with van der Waals surface area (Å²) in [6.07, 6.45) is 5.19. The van der Waals surface area contributed by atoms with Crippen LogP contribution < -0.4 is 10.1 Å². The summed E-state index contributed by atoms with van der Waals surface area (Å²) in [5.41, 5.74) is 5.15. The molecule has 0 bridgehead atoms. The Kier molecular flexibility index (Phi) is 4.88. The van der Waals surface area contributed by atoms with E-state index in [0.29, 0.717) is 64.1 Å². The van der Waals surface area contributed by atoms with Crippen LogP contribution in [0.1, 0.15) is 0 Å². The molecule has 1 aliphatic rings. The van der Waals surface area contributed by atoms with Crippen molar-refractivity contribution in [1.82, 2.24) is 24.7 Å². The van der Waals surface area contributed by atoms with Gasteiger partial charge in [-0.25, -0.2) is 19.3 Å². The van der Waals surface area contributed by atoms with Crippen LogP contribution in [0.2, 0.25) is 0 Å². The number of benzene rings is 2. The molecular formula is C23H19FN6O2S. The first-order chi connectivity index (χ1) is 16.2. The van der Waals surface area contributed by atoms with Crippen molar-refractivity contribution in [2.75, 3.05) is 25.1 Å². The van der Waals surface area contributed by atoms with E-state index in [4.69, 9.17) is 9.47 Å². The number of aryl methyl sites for hydroxylation is 1. The molecule has 166 valence electrons. The zero-order chi connectivity index (χ0) is 22.4. The quantitative estimate of drug-likeness (QED) is 0.396. The fraction of sp³-hybridized carbons (Fsp3) is 0.217. The van der Waals surface area contributed by atoms with Crippen molar-refractivity contribution in [3.63, 3.8) is 0 Å². The first-order valence-corrected chi connectivity index (χ1v) is 11.3. The lowest BCUT2D eigenvalue weighted by Crippen LogP contribution is -2.32. The highest BCUT2D eigenvalue weighted by Gasteiger charge is 2.21. The van der Waals surface area contributed by atoms with Crippen LogP contribution in [0.5, 0.6) is 5.75 Å². The van der Waals surface area contributed by atoms with Crippen LogP contribution in [0.4, 0.5) is 15.9 Å². The van der Waals surface area contributed by atoms with E-state index in [1.54, 1.807) is 28.5 Å². The van der Waals surface area contributed by atoms with Gasteiger partial charge in [-0.2, -0.15) is 5.10 Å². The fourth-order valence-corrected chi connectivity index (χ4v) is 4.53. The van der Waals surface area contributed by atoms with Crippen LogP contribution in [0, 0.1) is 11.7 Å². The molecule has 0 aliphatic carbocycles. The summed E-state index contributed by atoms with van der Waals surface area (Å²) in [6, 6.07) is 7.37. The number of rotatable bonds is 6. The second-order valence-corrected chi connectivity index (χ2v) is 8.82. The number of nitrogens with zero attached hydrogens (tertiary/aromatic N) is 5. The van der Waals surface area contributed by atoms with Gasteiger partial charge in [-0.05, 0) is 29.8 Å². The first kappa shape index (κ1) is 20.0. The Balaban J connectivity index is 1.46. The molecule has 1 N–H and O–H groups in total. The molecule has 0 atom stereocenters. The third-order valence-corrected chi connectivity index (χ3v) is 6.45. The van der Waals surface area contributed by atoms with Gasteiger partial charge in [0, 0.05) is 24.7 Å². The third kappa shape index (κ3) is 3.66. The van der Waals surface area contributed by atoms with Gasteiger partial charge < -0.3 is 14.8 Å². The normalized spacial score (nSPS) is 14.0. The van der Waals surface area contributed by atoms with Crippen molar-refractivity contribution in [2.45, 2.75) is 0 Å². The van der Waals surface area contributed by atoms with Gasteiger partial charge in [-0.15, -0.1) is 11.3 Å². The molecule has 1 aliphatic heterocycles. The van der Waals surface area contributed by atoms with E-state index in [2.05, 4.69) is 25.4 Å². The number of halogens is 1. The van der Waals surface area contributed by atoms with Crippen LogP contribution >= 0.6 is 11.3 Å². The van der Waals surface area contributed by atoms with Crippen molar-refractivity contribution in [2.24, 2.45) is 13.0 Å². The molecule has 0 spiro atoms. The summed E-state index contributed by atoms with van der Waals surface area (Å²) >= 11 is 1.26. The average molecular weight is 463 g/mol. The van der Waals surface area contributed by atoms with Crippen LogP contribution in [0.15, 0.2) is 48.5 Å². The van der Waals surface area contributed by atoms with Gasteiger partial charge in [-0.3, -0.25) is 4.68 Å². The van der Waals surface area contributed by atoms with E-state index in [9.17, 15) is 0 Å². The van der Waals surface area contributed by atoms with E-state index in [1.165, 1.54) is 17.7 Å². The summed E-state index contributed by atoms with van der Waals surface area (Å²) < 4.78 is 28.8. The Labute approximate surface area is 192 Å². The average Bonchev–Trinajstić information content (AvgIpc) is 3.44. The van der Waals surface area contributed by atoms with Gasteiger partial charge in [0.1, 0.15) is 17.9 Å². The highest BCUT2D eigenvalue weighted by atomic mass is 32.1. The molecule has 10 heteroatoms. The summed E-state index contributed by atoms with van der Waals surface area (Å²) in [4.78, 5) is 13.1. The Morgan fingerprint density at radius 3 is 2.88 bits per heavy atom. The van der Waals surface area contributed by atoms with E-state index in [0.717, 1.165) is 11.1 Å². The van der Waals surface area contributed by atoms with Crippen molar-refractivity contribution in [3.05, 3.63) is 54.3 Å². The molecule has 8 nitrogen and oxygen atoms in total. The number of anilines is 2. The molecule has 4 heterocycles. The standard InChI is InChI=1S/C23H19FN6O2S/c1-30-7-15(6-28-30)14-4-18-20(19(5-14)32-10-13-8-31-9-13)23(26-11-25-18)29-16-2-3-17-22(21(16)24)33-12-27-17/h2-7,11-13H,8-10H2,1H3,(H,25,26,29). The molecule has 5 aromatic rings. The molecule has 1 saturated heterocycles. The Morgan fingerprint density at radius 2 is 2.09 bits per heavy atom. The molecule has 0 amide bonds. The Morgan fingerprint density at radius 1 is 1.18 bits per heavy atom. The number of hydrogen-bond acceptors (Lipinski definition) is 8. The van der Waals surface area contributed by atoms with E-state index in [1.807, 2.05) is 25.4 Å². The number of thiazole rings is 1. The van der Waals surface area contributed by atoms with Gasteiger partial charge in [0.2, 0.25) is 0 Å². The Bertz CT molecular complexity index is 1480. The van der Waals surface area contributed by atoms with Crippen LogP contribution in [0.25, 0.3) is 32.2 Å². The maximum absolute atomic E-state index is 15.1. The second-order valence-electron chi connectivity index (χ2n) is 7.96. The number of aromatic nitrogens is 5. The minimum atomic E-state index is -0.358. The maximum atomic E-state index is 15.1. The van der Waals surface area contributed by atoms with Crippen LogP contribution in [-0.2, 0) is 11.8 Å². The third-order valence-electron chi connectivity index (χ3n) is 5.61. The number of hydrogen-bond donors (Lipinski definition) is 1. The lowest BCUT2D eigenvalue weighted by atomic mass is 10.1. The monoisotopic (exact) mass is 462 g/mol. The highest BCUT2D eigenvalue weighted by molar-refractivity contribution is 7.16. The predicted molar refractivity (Wildman–Crippen MR) is 124 cm³/mol. The topological polar surface area (TPSA) is 87.0 Å². The van der Waals surface area contributed by atoms with Crippen molar-refractivity contribution in [3.8, 4) is 16.9 Å². The van der Waals surface area contributed by atoms with Crippen LogP contribution in [0.3, 0.4) is 0 Å². The van der Waals surface area contributed by atoms with E-state index >= 15 is 4.39 Å². The molecule has 6 rings (SSSR count). The minimum Gasteiger partial charge on any atom is -0.492 e. The molecule has 1 fully saturated rings. The molecule has 2 aromatic carbocycles. The van der Waals surface area contributed by atoms with E-state index < -0.39 is 0 Å². The highest BCUT2D eigenvalue weighted by Crippen LogP contribution is 2.37.